The number of pyridine rings is 1. The fraction of sp³-hybridized carbons (Fsp3) is 0.0667. The minimum atomic E-state index is -0.294. The largest absolute Gasteiger partial charge is 0.365 e. The van der Waals surface area contributed by atoms with E-state index in [0.29, 0.717) is 24.0 Å². The molecule has 0 radical (unpaired) electrons. The quantitative estimate of drug-likeness (QED) is 0.754. The molecule has 2 N–H and O–H groups in total. The van der Waals surface area contributed by atoms with Crippen LogP contribution in [-0.4, -0.2) is 20.2 Å². The third-order valence-corrected chi connectivity index (χ3v) is 2.88. The predicted octanol–water partition coefficient (Wildman–Crippen LogP) is 2.76. The van der Waals surface area contributed by atoms with Gasteiger partial charge in [0.15, 0.2) is 5.82 Å². The molecule has 0 atom stereocenters. The molecule has 1 aromatic carbocycles. The Hall–Kier alpha value is -3.09. The SMILES string of the molecule is Fc1ccc(Nc2nncc(NCc3ccncc3)n2)cc1. The number of halogens is 1. The molecule has 3 aromatic rings. The lowest BCUT2D eigenvalue weighted by Gasteiger charge is -2.07. The summed E-state index contributed by atoms with van der Waals surface area (Å²) in [6.07, 6.45) is 5.00. The molecule has 6 nitrogen and oxygen atoms in total. The van der Waals surface area contributed by atoms with Gasteiger partial charge in [0.1, 0.15) is 5.82 Å². The zero-order valence-electron chi connectivity index (χ0n) is 11.6. The first-order valence-electron chi connectivity index (χ1n) is 6.65. The summed E-state index contributed by atoms with van der Waals surface area (Å²) in [7, 11) is 0. The van der Waals surface area contributed by atoms with Gasteiger partial charge in [-0.2, -0.15) is 10.1 Å². The van der Waals surface area contributed by atoms with Crippen molar-refractivity contribution in [2.45, 2.75) is 6.54 Å². The molecule has 0 aliphatic heterocycles. The molecule has 0 spiro atoms. The zero-order valence-corrected chi connectivity index (χ0v) is 11.6. The molecule has 0 bridgehead atoms. The number of hydrogen-bond donors (Lipinski definition) is 2. The molecule has 0 amide bonds. The van der Waals surface area contributed by atoms with Crippen LogP contribution in [0.25, 0.3) is 0 Å². The smallest absolute Gasteiger partial charge is 0.249 e. The van der Waals surface area contributed by atoms with Crippen molar-refractivity contribution in [2.75, 3.05) is 10.6 Å². The molecule has 0 fully saturated rings. The molecule has 0 aliphatic carbocycles. The highest BCUT2D eigenvalue weighted by atomic mass is 19.1. The van der Waals surface area contributed by atoms with E-state index in [2.05, 4.69) is 30.8 Å². The molecular formula is C15H13FN6. The summed E-state index contributed by atoms with van der Waals surface area (Å²) in [5, 5.41) is 13.9. The first kappa shape index (κ1) is 13.9. The van der Waals surface area contributed by atoms with Gasteiger partial charge < -0.3 is 10.6 Å². The van der Waals surface area contributed by atoms with Crippen LogP contribution in [0.3, 0.4) is 0 Å². The first-order chi connectivity index (χ1) is 10.8. The Labute approximate surface area is 126 Å². The molecule has 0 aliphatic rings. The van der Waals surface area contributed by atoms with Gasteiger partial charge in [0.2, 0.25) is 5.95 Å². The van der Waals surface area contributed by atoms with Crippen molar-refractivity contribution >= 4 is 17.5 Å². The van der Waals surface area contributed by atoms with E-state index in [1.807, 2.05) is 12.1 Å². The Bertz CT molecular complexity index is 733. The molecule has 0 unspecified atom stereocenters. The van der Waals surface area contributed by atoms with E-state index in [9.17, 15) is 4.39 Å². The van der Waals surface area contributed by atoms with Crippen LogP contribution in [0, 0.1) is 5.82 Å². The van der Waals surface area contributed by atoms with Crippen LogP contribution in [0.5, 0.6) is 0 Å². The highest BCUT2D eigenvalue weighted by Crippen LogP contribution is 2.14. The monoisotopic (exact) mass is 296 g/mol. The topological polar surface area (TPSA) is 75.6 Å². The second-order valence-electron chi connectivity index (χ2n) is 4.51. The predicted molar refractivity (Wildman–Crippen MR) is 81.1 cm³/mol. The molecule has 0 saturated carbocycles. The van der Waals surface area contributed by atoms with Gasteiger partial charge >= 0.3 is 0 Å². The molecule has 0 saturated heterocycles. The second kappa shape index (κ2) is 6.57. The Morgan fingerprint density at radius 3 is 2.55 bits per heavy atom. The van der Waals surface area contributed by atoms with E-state index < -0.39 is 0 Å². The fourth-order valence-electron chi connectivity index (χ4n) is 1.80. The van der Waals surface area contributed by atoms with Crippen LogP contribution in [0.15, 0.2) is 55.0 Å². The fourth-order valence-corrected chi connectivity index (χ4v) is 1.80. The Balaban J connectivity index is 1.66. The average Bonchev–Trinajstić information content (AvgIpc) is 2.57. The lowest BCUT2D eigenvalue weighted by molar-refractivity contribution is 0.628. The Kier molecular flexibility index (Phi) is 4.15. The number of rotatable bonds is 5. The van der Waals surface area contributed by atoms with Gasteiger partial charge in [0.25, 0.3) is 0 Å². The van der Waals surface area contributed by atoms with Crippen LogP contribution in [0.2, 0.25) is 0 Å². The number of hydrogen-bond acceptors (Lipinski definition) is 6. The van der Waals surface area contributed by atoms with Crippen molar-refractivity contribution in [1.29, 1.82) is 0 Å². The average molecular weight is 296 g/mol. The van der Waals surface area contributed by atoms with E-state index >= 15 is 0 Å². The van der Waals surface area contributed by atoms with Crippen molar-refractivity contribution in [2.24, 2.45) is 0 Å². The summed E-state index contributed by atoms with van der Waals surface area (Å²) in [4.78, 5) is 8.27. The van der Waals surface area contributed by atoms with Gasteiger partial charge in [0, 0.05) is 24.6 Å². The second-order valence-corrected chi connectivity index (χ2v) is 4.51. The highest BCUT2D eigenvalue weighted by Gasteiger charge is 2.02. The first-order valence-corrected chi connectivity index (χ1v) is 6.65. The third-order valence-electron chi connectivity index (χ3n) is 2.88. The lowest BCUT2D eigenvalue weighted by atomic mass is 10.3. The maximum Gasteiger partial charge on any atom is 0.249 e. The maximum atomic E-state index is 12.9. The lowest BCUT2D eigenvalue weighted by Crippen LogP contribution is -2.05. The molecule has 7 heteroatoms. The minimum absolute atomic E-state index is 0.294. The number of nitrogens with zero attached hydrogens (tertiary/aromatic N) is 4. The number of nitrogens with one attached hydrogen (secondary N) is 2. The van der Waals surface area contributed by atoms with Gasteiger partial charge in [-0.25, -0.2) is 4.39 Å². The van der Waals surface area contributed by atoms with Crippen LogP contribution in [0.4, 0.5) is 21.8 Å². The van der Waals surface area contributed by atoms with Crippen molar-refractivity contribution in [1.82, 2.24) is 20.2 Å². The summed E-state index contributed by atoms with van der Waals surface area (Å²) in [6.45, 7) is 0.608. The Morgan fingerprint density at radius 2 is 1.77 bits per heavy atom. The molecule has 2 heterocycles. The van der Waals surface area contributed by atoms with Gasteiger partial charge in [-0.05, 0) is 42.0 Å². The van der Waals surface area contributed by atoms with Crippen LogP contribution >= 0.6 is 0 Å². The number of benzene rings is 1. The van der Waals surface area contributed by atoms with Gasteiger partial charge in [-0.1, -0.05) is 0 Å². The molecular weight excluding hydrogens is 283 g/mol. The Morgan fingerprint density at radius 1 is 1.00 bits per heavy atom. The van der Waals surface area contributed by atoms with E-state index in [1.165, 1.54) is 18.3 Å². The molecule has 22 heavy (non-hydrogen) atoms. The van der Waals surface area contributed by atoms with Gasteiger partial charge in [-0.15, -0.1) is 5.10 Å². The van der Waals surface area contributed by atoms with E-state index in [4.69, 9.17) is 0 Å². The van der Waals surface area contributed by atoms with Crippen LogP contribution in [-0.2, 0) is 6.54 Å². The van der Waals surface area contributed by atoms with Gasteiger partial charge in [0.05, 0.1) is 6.20 Å². The van der Waals surface area contributed by atoms with Crippen LogP contribution < -0.4 is 10.6 Å². The standard InChI is InChI=1S/C15H13FN6/c16-12-1-3-13(4-2-12)20-15-21-14(10-19-22-15)18-9-11-5-7-17-8-6-11/h1-8,10H,9H2,(H2,18,20,21,22). The van der Waals surface area contributed by atoms with Crippen LogP contribution in [0.1, 0.15) is 5.56 Å². The van der Waals surface area contributed by atoms with Crippen molar-refractivity contribution in [3.8, 4) is 0 Å². The summed E-state index contributed by atoms with van der Waals surface area (Å²) >= 11 is 0. The maximum absolute atomic E-state index is 12.9. The number of anilines is 3. The highest BCUT2D eigenvalue weighted by molar-refractivity contribution is 5.53. The van der Waals surface area contributed by atoms with E-state index in [1.54, 1.807) is 24.5 Å². The normalized spacial score (nSPS) is 10.2. The van der Waals surface area contributed by atoms with Gasteiger partial charge in [-0.3, -0.25) is 4.98 Å². The molecule has 3 rings (SSSR count). The van der Waals surface area contributed by atoms with Crippen molar-refractivity contribution in [3.05, 3.63) is 66.4 Å². The summed E-state index contributed by atoms with van der Waals surface area (Å²) < 4.78 is 12.9. The van der Waals surface area contributed by atoms with Crippen molar-refractivity contribution in [3.63, 3.8) is 0 Å². The van der Waals surface area contributed by atoms with Crippen molar-refractivity contribution < 1.29 is 4.39 Å². The van der Waals surface area contributed by atoms with E-state index in [-0.39, 0.29) is 5.82 Å². The summed E-state index contributed by atoms with van der Waals surface area (Å²) in [6, 6.07) is 9.77. The molecule has 110 valence electrons. The summed E-state index contributed by atoms with van der Waals surface area (Å²) in [5.41, 5.74) is 1.77. The molecule has 2 aromatic heterocycles. The third kappa shape index (κ3) is 3.72. The number of aromatic nitrogens is 4. The van der Waals surface area contributed by atoms with E-state index in [0.717, 1.165) is 5.56 Å². The zero-order chi connectivity index (χ0) is 15.2. The minimum Gasteiger partial charge on any atom is -0.365 e. The summed E-state index contributed by atoms with van der Waals surface area (Å²) in [5.74, 6) is 0.639.